The number of nitrogens with one attached hydrogen (secondary N) is 2. The molecule has 1 aliphatic rings. The normalized spacial score (nSPS) is 18.1. The summed E-state index contributed by atoms with van der Waals surface area (Å²) in [5.41, 5.74) is 2.62. The lowest BCUT2D eigenvalue weighted by molar-refractivity contribution is -0.125. The van der Waals surface area contributed by atoms with Gasteiger partial charge >= 0.3 is 0 Å². The zero-order valence-corrected chi connectivity index (χ0v) is 15.5. The minimum absolute atomic E-state index is 0.101. The van der Waals surface area contributed by atoms with Crippen LogP contribution in [0.2, 0.25) is 5.02 Å². The molecule has 2 aromatic rings. The summed E-state index contributed by atoms with van der Waals surface area (Å²) in [5, 5.41) is 6.40. The number of hydrogen-bond donors (Lipinski definition) is 2. The molecule has 0 aromatic heterocycles. The van der Waals surface area contributed by atoms with E-state index in [9.17, 15) is 9.59 Å². The van der Waals surface area contributed by atoms with Gasteiger partial charge in [-0.05, 0) is 48.7 Å². The van der Waals surface area contributed by atoms with Crippen LogP contribution in [0.15, 0.2) is 42.5 Å². The van der Waals surface area contributed by atoms with E-state index in [-0.39, 0.29) is 23.7 Å². The predicted molar refractivity (Wildman–Crippen MR) is 101 cm³/mol. The molecule has 0 spiro atoms. The first-order valence-electron chi connectivity index (χ1n) is 8.45. The Hall–Kier alpha value is -2.53. The van der Waals surface area contributed by atoms with E-state index in [0.29, 0.717) is 29.4 Å². The van der Waals surface area contributed by atoms with Gasteiger partial charge in [0.05, 0.1) is 24.6 Å². The molecule has 2 amide bonds. The number of halogens is 1. The van der Waals surface area contributed by atoms with Gasteiger partial charge in [0.2, 0.25) is 11.8 Å². The van der Waals surface area contributed by atoms with Gasteiger partial charge in [-0.2, -0.15) is 0 Å². The van der Waals surface area contributed by atoms with Crippen LogP contribution in [-0.4, -0.2) is 18.9 Å². The zero-order chi connectivity index (χ0) is 18.7. The van der Waals surface area contributed by atoms with Crippen LogP contribution in [-0.2, 0) is 16.1 Å². The lowest BCUT2D eigenvalue weighted by atomic mass is 10.2. The summed E-state index contributed by atoms with van der Waals surface area (Å²) in [4.78, 5) is 24.7. The van der Waals surface area contributed by atoms with Crippen molar-refractivity contribution in [3.8, 4) is 5.75 Å². The number of carbonyl (C=O) groups excluding carboxylic acids is 2. The SMILES string of the molecule is COc1ccc(C)cc1NC(=O)C1CC1C(=O)NCc1ccc(Cl)cc1. The number of amides is 2. The van der Waals surface area contributed by atoms with Crippen LogP contribution in [0.5, 0.6) is 5.75 Å². The van der Waals surface area contributed by atoms with Gasteiger partial charge in [-0.15, -0.1) is 0 Å². The molecule has 3 rings (SSSR count). The molecule has 2 unspecified atom stereocenters. The van der Waals surface area contributed by atoms with Crippen molar-refractivity contribution in [1.29, 1.82) is 0 Å². The fourth-order valence-corrected chi connectivity index (χ4v) is 2.97. The van der Waals surface area contributed by atoms with Crippen molar-refractivity contribution >= 4 is 29.1 Å². The van der Waals surface area contributed by atoms with Crippen molar-refractivity contribution < 1.29 is 14.3 Å². The Balaban J connectivity index is 1.53. The van der Waals surface area contributed by atoms with E-state index in [1.807, 2.05) is 37.3 Å². The monoisotopic (exact) mass is 372 g/mol. The highest BCUT2D eigenvalue weighted by atomic mass is 35.5. The van der Waals surface area contributed by atoms with Crippen LogP contribution in [0.4, 0.5) is 5.69 Å². The van der Waals surface area contributed by atoms with Crippen LogP contribution in [0.3, 0.4) is 0 Å². The Bertz CT molecular complexity index is 820. The summed E-state index contributed by atoms with van der Waals surface area (Å²) in [6.07, 6.45) is 0.562. The molecule has 1 fully saturated rings. The quantitative estimate of drug-likeness (QED) is 0.814. The second-order valence-corrected chi connectivity index (χ2v) is 6.92. The van der Waals surface area contributed by atoms with Crippen molar-refractivity contribution in [2.75, 3.05) is 12.4 Å². The molecular weight excluding hydrogens is 352 g/mol. The molecule has 5 nitrogen and oxygen atoms in total. The third-order valence-corrected chi connectivity index (χ3v) is 4.71. The molecule has 6 heteroatoms. The fourth-order valence-electron chi connectivity index (χ4n) is 2.84. The molecule has 0 aliphatic heterocycles. The van der Waals surface area contributed by atoms with E-state index < -0.39 is 0 Å². The van der Waals surface area contributed by atoms with E-state index in [4.69, 9.17) is 16.3 Å². The number of methoxy groups -OCH3 is 1. The minimum atomic E-state index is -0.301. The van der Waals surface area contributed by atoms with Crippen LogP contribution in [0.1, 0.15) is 17.5 Å². The van der Waals surface area contributed by atoms with Crippen LogP contribution in [0.25, 0.3) is 0 Å². The molecule has 1 saturated carbocycles. The number of aryl methyl sites for hydroxylation is 1. The molecule has 26 heavy (non-hydrogen) atoms. The summed E-state index contributed by atoms with van der Waals surface area (Å²) in [6.45, 7) is 2.37. The molecule has 0 radical (unpaired) electrons. The highest BCUT2D eigenvalue weighted by Crippen LogP contribution is 2.40. The Kier molecular flexibility index (Phi) is 5.47. The smallest absolute Gasteiger partial charge is 0.228 e. The van der Waals surface area contributed by atoms with E-state index in [1.54, 1.807) is 19.2 Å². The number of rotatable bonds is 6. The Morgan fingerprint density at radius 1 is 1.12 bits per heavy atom. The first-order chi connectivity index (χ1) is 12.5. The lowest BCUT2D eigenvalue weighted by Gasteiger charge is -2.11. The van der Waals surface area contributed by atoms with Crippen molar-refractivity contribution in [2.45, 2.75) is 19.9 Å². The zero-order valence-electron chi connectivity index (χ0n) is 14.7. The Morgan fingerprint density at radius 2 is 1.81 bits per heavy atom. The highest BCUT2D eigenvalue weighted by Gasteiger charge is 2.48. The van der Waals surface area contributed by atoms with Gasteiger partial charge in [0.25, 0.3) is 0 Å². The molecule has 0 heterocycles. The van der Waals surface area contributed by atoms with Crippen molar-refractivity contribution in [3.63, 3.8) is 0 Å². The molecule has 2 N–H and O–H groups in total. The van der Waals surface area contributed by atoms with Gasteiger partial charge in [0, 0.05) is 11.6 Å². The van der Waals surface area contributed by atoms with Crippen molar-refractivity contribution in [1.82, 2.24) is 5.32 Å². The lowest BCUT2D eigenvalue weighted by Crippen LogP contribution is -2.27. The summed E-state index contributed by atoms with van der Waals surface area (Å²) in [7, 11) is 1.56. The maximum Gasteiger partial charge on any atom is 0.228 e. The van der Waals surface area contributed by atoms with Crippen molar-refractivity contribution in [3.05, 3.63) is 58.6 Å². The summed E-state index contributed by atoms with van der Waals surface area (Å²) in [6, 6.07) is 12.9. The van der Waals surface area contributed by atoms with Crippen LogP contribution >= 0.6 is 11.6 Å². The summed E-state index contributed by atoms with van der Waals surface area (Å²) < 4.78 is 5.27. The molecule has 0 saturated heterocycles. The molecule has 1 aliphatic carbocycles. The second kappa shape index (κ2) is 7.79. The first-order valence-corrected chi connectivity index (χ1v) is 8.83. The highest BCUT2D eigenvalue weighted by molar-refractivity contribution is 6.30. The van der Waals surface area contributed by atoms with Crippen molar-refractivity contribution in [2.24, 2.45) is 11.8 Å². The molecule has 2 aromatic carbocycles. The number of anilines is 1. The summed E-state index contributed by atoms with van der Waals surface area (Å²) in [5.74, 6) is -0.228. The number of ether oxygens (including phenoxy) is 1. The fraction of sp³-hybridized carbons (Fsp3) is 0.300. The van der Waals surface area contributed by atoms with Crippen LogP contribution < -0.4 is 15.4 Å². The summed E-state index contributed by atoms with van der Waals surface area (Å²) >= 11 is 5.85. The number of hydrogen-bond acceptors (Lipinski definition) is 3. The topological polar surface area (TPSA) is 67.4 Å². The first kappa shape index (κ1) is 18.3. The maximum absolute atomic E-state index is 12.4. The Labute approximate surface area is 157 Å². The largest absolute Gasteiger partial charge is 0.495 e. The average Bonchev–Trinajstić information content (AvgIpc) is 3.42. The molecule has 2 atom stereocenters. The van der Waals surface area contributed by atoms with Gasteiger partial charge in [0.15, 0.2) is 0 Å². The third kappa shape index (κ3) is 4.35. The van der Waals surface area contributed by atoms with Crippen LogP contribution in [0, 0.1) is 18.8 Å². The standard InChI is InChI=1S/C20H21ClN2O3/c1-12-3-8-18(26-2)17(9-12)23-20(25)16-10-15(16)19(24)22-11-13-4-6-14(21)7-5-13/h3-9,15-16H,10-11H2,1-2H3,(H,22,24)(H,23,25). The van der Waals surface area contributed by atoms with Gasteiger partial charge in [-0.3, -0.25) is 9.59 Å². The number of carbonyl (C=O) groups is 2. The van der Waals surface area contributed by atoms with Gasteiger partial charge in [-0.1, -0.05) is 29.8 Å². The maximum atomic E-state index is 12.4. The third-order valence-electron chi connectivity index (χ3n) is 4.46. The van der Waals surface area contributed by atoms with E-state index in [1.165, 1.54) is 0 Å². The van der Waals surface area contributed by atoms with Gasteiger partial charge < -0.3 is 15.4 Å². The molecule has 0 bridgehead atoms. The second-order valence-electron chi connectivity index (χ2n) is 6.49. The van der Waals surface area contributed by atoms with E-state index in [0.717, 1.165) is 11.1 Å². The van der Waals surface area contributed by atoms with E-state index in [2.05, 4.69) is 10.6 Å². The number of benzene rings is 2. The van der Waals surface area contributed by atoms with Gasteiger partial charge in [-0.25, -0.2) is 0 Å². The molecule has 136 valence electrons. The molecular formula is C20H21ClN2O3. The average molecular weight is 373 g/mol. The van der Waals surface area contributed by atoms with Gasteiger partial charge in [0.1, 0.15) is 5.75 Å². The van der Waals surface area contributed by atoms with E-state index >= 15 is 0 Å². The minimum Gasteiger partial charge on any atom is -0.495 e. The predicted octanol–water partition coefficient (Wildman–Crippen LogP) is 3.55. The Morgan fingerprint density at radius 3 is 2.50 bits per heavy atom.